The summed E-state index contributed by atoms with van der Waals surface area (Å²) in [6.45, 7) is 2.24. The average Bonchev–Trinajstić information content (AvgIpc) is 3.17. The summed E-state index contributed by atoms with van der Waals surface area (Å²) in [7, 11) is -1.98. The summed E-state index contributed by atoms with van der Waals surface area (Å²) < 4.78 is 33.2. The Labute approximate surface area is 160 Å². The first-order valence-electron chi connectivity index (χ1n) is 8.63. The van der Waals surface area contributed by atoms with Crippen molar-refractivity contribution in [3.8, 4) is 5.75 Å². The number of benzene rings is 2. The number of nitrogens with zero attached hydrogens (tertiary/aromatic N) is 1. The largest absolute Gasteiger partial charge is 0.497 e. The van der Waals surface area contributed by atoms with Crippen LogP contribution < -0.4 is 9.46 Å². The van der Waals surface area contributed by atoms with Crippen LogP contribution in [0.3, 0.4) is 0 Å². The minimum atomic E-state index is -3.61. The predicted molar refractivity (Wildman–Crippen MR) is 103 cm³/mol. The van der Waals surface area contributed by atoms with Gasteiger partial charge >= 0.3 is 0 Å². The second kappa shape index (κ2) is 8.39. The van der Waals surface area contributed by atoms with Crippen LogP contribution in [0.4, 0.5) is 0 Å². The summed E-state index contributed by atoms with van der Waals surface area (Å²) in [6, 6.07) is 14.1. The highest BCUT2D eigenvalue weighted by atomic mass is 35.5. The zero-order valence-corrected chi connectivity index (χ0v) is 16.3. The molecule has 0 bridgehead atoms. The van der Waals surface area contributed by atoms with Gasteiger partial charge in [-0.1, -0.05) is 29.8 Å². The second-order valence-electron chi connectivity index (χ2n) is 6.34. The smallest absolute Gasteiger partial charge is 0.240 e. The summed E-state index contributed by atoms with van der Waals surface area (Å²) in [5.41, 5.74) is 1.07. The van der Waals surface area contributed by atoms with Crippen LogP contribution in [0.1, 0.15) is 24.4 Å². The molecule has 1 aliphatic rings. The van der Waals surface area contributed by atoms with Crippen LogP contribution in [-0.4, -0.2) is 40.1 Å². The maximum atomic E-state index is 12.6. The van der Waals surface area contributed by atoms with Crippen LogP contribution in [0.15, 0.2) is 53.4 Å². The van der Waals surface area contributed by atoms with Gasteiger partial charge < -0.3 is 4.74 Å². The molecule has 140 valence electrons. The molecule has 1 unspecified atom stereocenters. The van der Waals surface area contributed by atoms with Gasteiger partial charge in [0.05, 0.1) is 12.0 Å². The molecule has 1 saturated heterocycles. The fourth-order valence-electron chi connectivity index (χ4n) is 3.24. The van der Waals surface area contributed by atoms with Crippen LogP contribution in [0.2, 0.25) is 5.02 Å². The van der Waals surface area contributed by atoms with E-state index in [0.29, 0.717) is 11.6 Å². The Bertz CT molecular complexity index is 834. The van der Waals surface area contributed by atoms with E-state index in [1.165, 1.54) is 6.07 Å². The molecule has 2 aromatic carbocycles. The van der Waals surface area contributed by atoms with Gasteiger partial charge in [-0.15, -0.1) is 0 Å². The number of halogens is 1. The monoisotopic (exact) mass is 394 g/mol. The van der Waals surface area contributed by atoms with E-state index in [9.17, 15) is 8.42 Å². The summed E-state index contributed by atoms with van der Waals surface area (Å²) in [4.78, 5) is 2.50. The molecule has 2 aromatic rings. The number of methoxy groups -OCH3 is 1. The lowest BCUT2D eigenvalue weighted by Gasteiger charge is -2.28. The van der Waals surface area contributed by atoms with E-state index >= 15 is 0 Å². The van der Waals surface area contributed by atoms with Crippen molar-refractivity contribution >= 4 is 21.6 Å². The first kappa shape index (κ1) is 19.2. The molecular weight excluding hydrogens is 372 g/mol. The van der Waals surface area contributed by atoms with E-state index in [2.05, 4.69) is 9.62 Å². The zero-order valence-electron chi connectivity index (χ0n) is 14.7. The standard InChI is InChI=1S/C19H23ClN2O3S/c1-25-17-9-7-15(8-10-17)19(22-11-2-3-12-22)14-21-26(23,24)18-6-4-5-16(20)13-18/h4-10,13,19,21H,2-3,11-12,14H2,1H3. The molecule has 0 aromatic heterocycles. The quantitative estimate of drug-likeness (QED) is 0.781. The molecule has 1 heterocycles. The zero-order chi connectivity index (χ0) is 18.6. The first-order valence-corrected chi connectivity index (χ1v) is 10.5. The number of rotatable bonds is 7. The van der Waals surface area contributed by atoms with Crippen molar-refractivity contribution in [2.45, 2.75) is 23.8 Å². The Hall–Kier alpha value is -1.60. The van der Waals surface area contributed by atoms with Crippen molar-refractivity contribution in [1.82, 2.24) is 9.62 Å². The fraction of sp³-hybridized carbons (Fsp3) is 0.368. The van der Waals surface area contributed by atoms with Gasteiger partial charge in [0.2, 0.25) is 10.0 Å². The Morgan fingerprint density at radius 3 is 2.46 bits per heavy atom. The number of hydrogen-bond donors (Lipinski definition) is 1. The van der Waals surface area contributed by atoms with Crippen LogP contribution >= 0.6 is 11.6 Å². The molecule has 0 radical (unpaired) electrons. The van der Waals surface area contributed by atoms with Gasteiger partial charge in [-0.25, -0.2) is 13.1 Å². The van der Waals surface area contributed by atoms with Crippen molar-refractivity contribution in [2.24, 2.45) is 0 Å². The van der Waals surface area contributed by atoms with Gasteiger partial charge in [0.25, 0.3) is 0 Å². The number of likely N-dealkylation sites (tertiary alicyclic amines) is 1. The van der Waals surface area contributed by atoms with E-state index in [1.54, 1.807) is 25.3 Å². The van der Waals surface area contributed by atoms with Gasteiger partial charge in [0.1, 0.15) is 5.75 Å². The fourth-order valence-corrected chi connectivity index (χ4v) is 4.58. The predicted octanol–water partition coefficient (Wildman–Crippen LogP) is 3.46. The summed E-state index contributed by atoms with van der Waals surface area (Å²) >= 11 is 5.93. The van der Waals surface area contributed by atoms with Crippen molar-refractivity contribution in [1.29, 1.82) is 0 Å². The van der Waals surface area contributed by atoms with E-state index in [-0.39, 0.29) is 10.9 Å². The topological polar surface area (TPSA) is 58.6 Å². The Balaban J connectivity index is 1.79. The van der Waals surface area contributed by atoms with Gasteiger partial charge in [-0.3, -0.25) is 4.90 Å². The molecule has 0 saturated carbocycles. The molecule has 7 heteroatoms. The normalized spacial score (nSPS) is 16.5. The lowest BCUT2D eigenvalue weighted by Crippen LogP contribution is -2.36. The Morgan fingerprint density at radius 2 is 1.85 bits per heavy atom. The summed E-state index contributed by atoms with van der Waals surface area (Å²) in [5, 5.41) is 0.402. The molecule has 1 N–H and O–H groups in total. The molecule has 3 rings (SSSR count). The summed E-state index contributed by atoms with van der Waals surface area (Å²) in [6.07, 6.45) is 2.27. The lowest BCUT2D eigenvalue weighted by atomic mass is 10.1. The third kappa shape index (κ3) is 4.57. The molecule has 0 aliphatic carbocycles. The van der Waals surface area contributed by atoms with Crippen molar-refractivity contribution in [2.75, 3.05) is 26.7 Å². The minimum Gasteiger partial charge on any atom is -0.497 e. The van der Waals surface area contributed by atoms with Gasteiger partial charge in [-0.2, -0.15) is 0 Å². The third-order valence-corrected chi connectivity index (χ3v) is 6.31. The third-order valence-electron chi connectivity index (χ3n) is 4.66. The number of hydrogen-bond acceptors (Lipinski definition) is 4. The highest BCUT2D eigenvalue weighted by molar-refractivity contribution is 7.89. The van der Waals surface area contributed by atoms with Crippen LogP contribution in [-0.2, 0) is 10.0 Å². The molecule has 1 fully saturated rings. The molecule has 1 aliphatic heterocycles. The van der Waals surface area contributed by atoms with Gasteiger partial charge in [-0.05, 0) is 61.8 Å². The maximum Gasteiger partial charge on any atom is 0.240 e. The maximum absolute atomic E-state index is 12.6. The van der Waals surface area contributed by atoms with Gasteiger partial charge in [0.15, 0.2) is 0 Å². The summed E-state index contributed by atoms with van der Waals surface area (Å²) in [5.74, 6) is 0.786. The molecule has 26 heavy (non-hydrogen) atoms. The Kier molecular flexibility index (Phi) is 6.19. The molecule has 5 nitrogen and oxygen atoms in total. The molecule has 0 spiro atoms. The minimum absolute atomic E-state index is 0.0163. The highest BCUT2D eigenvalue weighted by Crippen LogP contribution is 2.27. The van der Waals surface area contributed by atoms with Crippen molar-refractivity contribution in [3.63, 3.8) is 0 Å². The second-order valence-corrected chi connectivity index (χ2v) is 8.54. The van der Waals surface area contributed by atoms with Gasteiger partial charge in [0, 0.05) is 17.6 Å². The van der Waals surface area contributed by atoms with Crippen LogP contribution in [0, 0.1) is 0 Å². The number of ether oxygens (including phenoxy) is 1. The van der Waals surface area contributed by atoms with Crippen molar-refractivity contribution < 1.29 is 13.2 Å². The van der Waals surface area contributed by atoms with E-state index < -0.39 is 10.0 Å². The molecular formula is C19H23ClN2O3S. The lowest BCUT2D eigenvalue weighted by molar-refractivity contribution is 0.246. The van der Waals surface area contributed by atoms with E-state index in [0.717, 1.165) is 37.2 Å². The van der Waals surface area contributed by atoms with E-state index in [4.69, 9.17) is 16.3 Å². The first-order chi connectivity index (χ1) is 12.5. The Morgan fingerprint density at radius 1 is 1.15 bits per heavy atom. The SMILES string of the molecule is COc1ccc(C(CNS(=O)(=O)c2cccc(Cl)c2)N2CCCC2)cc1. The van der Waals surface area contributed by atoms with E-state index in [1.807, 2.05) is 24.3 Å². The van der Waals surface area contributed by atoms with Crippen LogP contribution in [0.25, 0.3) is 0 Å². The number of nitrogens with one attached hydrogen (secondary N) is 1. The molecule has 1 atom stereocenters. The highest BCUT2D eigenvalue weighted by Gasteiger charge is 2.25. The van der Waals surface area contributed by atoms with Crippen LogP contribution in [0.5, 0.6) is 5.75 Å². The number of sulfonamides is 1. The average molecular weight is 395 g/mol. The van der Waals surface area contributed by atoms with Crippen molar-refractivity contribution in [3.05, 3.63) is 59.1 Å². The molecule has 0 amide bonds.